The smallest absolute Gasteiger partial charge is 0.0487 e. The number of hydrogen-bond acceptors (Lipinski definition) is 3. The summed E-state index contributed by atoms with van der Waals surface area (Å²) < 4.78 is 0. The van der Waals surface area contributed by atoms with Crippen LogP contribution in [-0.4, -0.2) is 28.2 Å². The Labute approximate surface area is 164 Å². The third-order valence-electron chi connectivity index (χ3n) is 1.86. The van der Waals surface area contributed by atoms with E-state index in [-0.39, 0.29) is 0 Å². The minimum absolute atomic E-state index is 1.25. The Kier molecular flexibility index (Phi) is 42.5. The third kappa shape index (κ3) is 33.8. The van der Waals surface area contributed by atoms with E-state index in [9.17, 15) is 0 Å². The molecule has 2 aromatic carbocycles. The number of nitrogens with zero attached hydrogens (tertiary/aromatic N) is 2. The summed E-state index contributed by atoms with van der Waals surface area (Å²) in [4.78, 5) is 0. The van der Waals surface area contributed by atoms with E-state index in [1.54, 1.807) is 14.1 Å². The van der Waals surface area contributed by atoms with Crippen LogP contribution in [0.5, 0.6) is 0 Å². The van der Waals surface area contributed by atoms with Crippen LogP contribution in [0, 0.1) is 0 Å². The van der Waals surface area contributed by atoms with Gasteiger partial charge in [-0.25, -0.2) is 0 Å². The summed E-state index contributed by atoms with van der Waals surface area (Å²) in [6.45, 7) is 12.8. The van der Waals surface area contributed by atoms with Crippen LogP contribution in [0.3, 0.4) is 0 Å². The molecular formula is C23H45N3. The molecule has 0 unspecified atom stereocenters. The molecule has 0 aliphatic carbocycles. The highest BCUT2D eigenvalue weighted by molar-refractivity contribution is 5.81. The first-order valence-corrected chi connectivity index (χ1v) is 9.74. The zero-order chi connectivity index (χ0) is 21.1. The van der Waals surface area contributed by atoms with Crippen molar-refractivity contribution in [3.8, 4) is 0 Å². The second-order valence-electron chi connectivity index (χ2n) is 5.37. The quantitative estimate of drug-likeness (QED) is 0.480. The molecule has 0 heterocycles. The summed E-state index contributed by atoms with van der Waals surface area (Å²) in [6.07, 6.45) is 3.75. The Balaban J connectivity index is -0.000000129. The fourth-order valence-electron chi connectivity index (χ4n) is 1.13. The summed E-state index contributed by atoms with van der Waals surface area (Å²) in [6, 6.07) is 16.7. The SMILES string of the molecule is CCC.CCC.CCC.CN=NC.CNC.c1ccc2ccccc2c1. The molecule has 152 valence electrons. The summed E-state index contributed by atoms with van der Waals surface area (Å²) in [5, 5.41) is 12.1. The Morgan fingerprint density at radius 3 is 0.846 bits per heavy atom. The molecule has 2 aromatic rings. The minimum Gasteiger partial charge on any atom is -0.323 e. The molecule has 3 nitrogen and oxygen atoms in total. The van der Waals surface area contributed by atoms with Crippen LogP contribution in [-0.2, 0) is 0 Å². The zero-order valence-electron chi connectivity index (χ0n) is 19.1. The van der Waals surface area contributed by atoms with E-state index in [1.807, 2.05) is 14.1 Å². The van der Waals surface area contributed by atoms with Gasteiger partial charge < -0.3 is 5.32 Å². The van der Waals surface area contributed by atoms with E-state index in [0.717, 1.165) is 0 Å². The van der Waals surface area contributed by atoms with Gasteiger partial charge in [0.2, 0.25) is 0 Å². The molecule has 0 atom stereocenters. The molecule has 3 heteroatoms. The van der Waals surface area contributed by atoms with Crippen LogP contribution in [0.15, 0.2) is 58.8 Å². The molecule has 0 fully saturated rings. The lowest BCUT2D eigenvalue weighted by Gasteiger charge is -1.92. The van der Waals surface area contributed by atoms with Gasteiger partial charge in [-0.05, 0) is 24.9 Å². The normalized spacial score (nSPS) is 8.08. The number of rotatable bonds is 0. The van der Waals surface area contributed by atoms with Crippen LogP contribution < -0.4 is 5.32 Å². The Morgan fingerprint density at radius 1 is 0.577 bits per heavy atom. The van der Waals surface area contributed by atoms with Crippen LogP contribution in [0.25, 0.3) is 10.8 Å². The highest BCUT2D eigenvalue weighted by Gasteiger charge is 1.85. The van der Waals surface area contributed by atoms with Crippen molar-refractivity contribution in [2.24, 2.45) is 10.2 Å². The maximum Gasteiger partial charge on any atom is 0.0487 e. The monoisotopic (exact) mass is 363 g/mol. The summed E-state index contributed by atoms with van der Waals surface area (Å²) in [5.41, 5.74) is 0. The predicted octanol–water partition coefficient (Wildman–Crippen LogP) is 7.62. The molecule has 0 radical (unpaired) electrons. The predicted molar refractivity (Wildman–Crippen MR) is 124 cm³/mol. The number of benzene rings is 2. The van der Waals surface area contributed by atoms with Crippen LogP contribution in [0.2, 0.25) is 0 Å². The van der Waals surface area contributed by atoms with Crippen LogP contribution >= 0.6 is 0 Å². The van der Waals surface area contributed by atoms with Crippen molar-refractivity contribution in [3.05, 3.63) is 48.5 Å². The number of nitrogens with one attached hydrogen (secondary N) is 1. The molecular weight excluding hydrogens is 318 g/mol. The van der Waals surface area contributed by atoms with Gasteiger partial charge in [0.15, 0.2) is 0 Å². The van der Waals surface area contributed by atoms with Gasteiger partial charge in [-0.2, -0.15) is 10.2 Å². The van der Waals surface area contributed by atoms with E-state index < -0.39 is 0 Å². The van der Waals surface area contributed by atoms with E-state index >= 15 is 0 Å². The average Bonchev–Trinajstić information content (AvgIpc) is 2.65. The van der Waals surface area contributed by atoms with Crippen molar-refractivity contribution in [3.63, 3.8) is 0 Å². The van der Waals surface area contributed by atoms with E-state index in [2.05, 4.69) is 106 Å². The maximum absolute atomic E-state index is 3.36. The summed E-state index contributed by atoms with van der Waals surface area (Å²) in [7, 11) is 7.03. The van der Waals surface area contributed by atoms with Crippen molar-refractivity contribution in [1.82, 2.24) is 5.32 Å². The van der Waals surface area contributed by atoms with Crippen LogP contribution in [0.4, 0.5) is 0 Å². The minimum atomic E-state index is 1.25. The van der Waals surface area contributed by atoms with Crippen molar-refractivity contribution in [2.75, 3.05) is 28.2 Å². The first-order chi connectivity index (χ1) is 12.5. The molecule has 1 N–H and O–H groups in total. The molecule has 0 aromatic heterocycles. The Morgan fingerprint density at radius 2 is 0.731 bits per heavy atom. The Hall–Kier alpha value is -1.74. The third-order valence-corrected chi connectivity index (χ3v) is 1.86. The van der Waals surface area contributed by atoms with Gasteiger partial charge in [0.05, 0.1) is 0 Å². The van der Waals surface area contributed by atoms with Crippen molar-refractivity contribution in [1.29, 1.82) is 0 Å². The van der Waals surface area contributed by atoms with E-state index in [0.29, 0.717) is 0 Å². The summed E-state index contributed by atoms with van der Waals surface area (Å²) >= 11 is 0. The molecule has 0 saturated heterocycles. The Bertz CT molecular complexity index is 390. The molecule has 0 spiro atoms. The molecule has 26 heavy (non-hydrogen) atoms. The second kappa shape index (κ2) is 34.6. The fraction of sp³-hybridized carbons (Fsp3) is 0.565. The highest BCUT2D eigenvalue weighted by Crippen LogP contribution is 2.11. The number of azo groups is 1. The standard InChI is InChI=1S/C10H8.3C3H8.C2H6N2.C2H7N/c1-2-6-10-8-4-3-7-9(10)5-1;3*1-3-2;1-3-4-2;1-3-2/h1-8H;3*3H2,1-2H3;1-2H3;3H,1-2H3. The van der Waals surface area contributed by atoms with Gasteiger partial charge in [-0.3, -0.25) is 0 Å². The second-order valence-corrected chi connectivity index (χ2v) is 5.37. The molecule has 0 aliphatic heterocycles. The van der Waals surface area contributed by atoms with Crippen molar-refractivity contribution in [2.45, 2.75) is 60.8 Å². The van der Waals surface area contributed by atoms with E-state index in [4.69, 9.17) is 0 Å². The number of fused-ring (bicyclic) bond motifs is 1. The molecule has 0 amide bonds. The van der Waals surface area contributed by atoms with E-state index in [1.165, 1.54) is 30.0 Å². The fourth-order valence-corrected chi connectivity index (χ4v) is 1.13. The summed E-state index contributed by atoms with van der Waals surface area (Å²) in [5.74, 6) is 0. The lowest BCUT2D eigenvalue weighted by Crippen LogP contribution is -1.89. The zero-order valence-corrected chi connectivity index (χ0v) is 19.1. The first-order valence-electron chi connectivity index (χ1n) is 9.74. The largest absolute Gasteiger partial charge is 0.323 e. The van der Waals surface area contributed by atoms with Gasteiger partial charge in [0, 0.05) is 14.1 Å². The van der Waals surface area contributed by atoms with Gasteiger partial charge in [0.25, 0.3) is 0 Å². The lowest BCUT2D eigenvalue weighted by atomic mass is 10.1. The van der Waals surface area contributed by atoms with Gasteiger partial charge in [-0.15, -0.1) is 0 Å². The van der Waals surface area contributed by atoms with Gasteiger partial charge >= 0.3 is 0 Å². The first kappa shape index (κ1) is 32.0. The number of hydrogen-bond donors (Lipinski definition) is 1. The molecule has 0 aliphatic rings. The average molecular weight is 364 g/mol. The van der Waals surface area contributed by atoms with Crippen LogP contribution in [0.1, 0.15) is 60.8 Å². The van der Waals surface area contributed by atoms with Gasteiger partial charge in [0.1, 0.15) is 0 Å². The molecule has 0 saturated carbocycles. The van der Waals surface area contributed by atoms with Gasteiger partial charge in [-0.1, -0.05) is 109 Å². The topological polar surface area (TPSA) is 36.8 Å². The maximum atomic E-state index is 3.36. The molecule has 0 bridgehead atoms. The van der Waals surface area contributed by atoms with Crippen molar-refractivity contribution < 1.29 is 0 Å². The van der Waals surface area contributed by atoms with Crippen molar-refractivity contribution >= 4 is 10.8 Å². The lowest BCUT2D eigenvalue weighted by molar-refractivity contribution is 1.02. The highest BCUT2D eigenvalue weighted by atomic mass is 15.0. The molecule has 2 rings (SSSR count).